The van der Waals surface area contributed by atoms with E-state index in [2.05, 4.69) is 150 Å². The predicted molar refractivity (Wildman–Crippen MR) is 186 cm³/mol. The van der Waals surface area contributed by atoms with Crippen molar-refractivity contribution in [2.75, 3.05) is 11.4 Å². The molecule has 0 aliphatic carbocycles. The number of aryl methyl sites for hydroxylation is 3. The maximum atomic E-state index is 3.88. The van der Waals surface area contributed by atoms with E-state index in [1.165, 1.54) is 55.2 Å². The average molecular weight is 544 g/mol. The van der Waals surface area contributed by atoms with Gasteiger partial charge in [0.1, 0.15) is 0 Å². The van der Waals surface area contributed by atoms with Crippen LogP contribution in [0.2, 0.25) is 0 Å². The van der Waals surface area contributed by atoms with Crippen molar-refractivity contribution >= 4 is 23.5 Å². The molecule has 0 heterocycles. The molecule has 0 aliphatic heterocycles. The maximum absolute atomic E-state index is 3.88. The molecule has 4 rings (SSSR count). The molecule has 1 heteroatoms. The highest BCUT2D eigenvalue weighted by atomic mass is 15.1. The SMILES string of the molecule is C=C/C=c1/cccc/c1=C/CN(c1cccc(C)c1)c1ccc(-c2ccc(C)cc2C(C)C)c(C)c1.C=CC.CC. The first-order valence-corrected chi connectivity index (χ1v) is 14.8. The van der Waals surface area contributed by atoms with E-state index in [9.17, 15) is 0 Å². The molecule has 0 N–H and O–H groups in total. The van der Waals surface area contributed by atoms with Crippen LogP contribution in [0.25, 0.3) is 23.3 Å². The zero-order valence-corrected chi connectivity index (χ0v) is 26.5. The fraction of sp³-hybridized carbons (Fsp3) is 0.250. The number of hydrogen-bond donors (Lipinski definition) is 0. The van der Waals surface area contributed by atoms with Crippen molar-refractivity contribution in [3.63, 3.8) is 0 Å². The lowest BCUT2D eigenvalue weighted by molar-refractivity contribution is 0.867. The molecular weight excluding hydrogens is 494 g/mol. The second-order valence-electron chi connectivity index (χ2n) is 10.3. The number of nitrogens with zero attached hydrogens (tertiary/aromatic N) is 1. The summed E-state index contributed by atoms with van der Waals surface area (Å²) in [6.45, 7) is 25.0. The van der Waals surface area contributed by atoms with Gasteiger partial charge in [-0.1, -0.05) is 125 Å². The lowest BCUT2D eigenvalue weighted by Crippen LogP contribution is -2.27. The lowest BCUT2D eigenvalue weighted by atomic mass is 9.89. The fourth-order valence-electron chi connectivity index (χ4n) is 4.84. The molecule has 214 valence electrons. The normalized spacial score (nSPS) is 11.2. The Balaban J connectivity index is 0.00000110. The molecule has 0 aliphatic rings. The number of hydrogen-bond acceptors (Lipinski definition) is 1. The van der Waals surface area contributed by atoms with Crippen molar-refractivity contribution in [1.29, 1.82) is 0 Å². The molecule has 0 saturated heterocycles. The summed E-state index contributed by atoms with van der Waals surface area (Å²) in [6, 6.07) is 31.0. The van der Waals surface area contributed by atoms with Crippen LogP contribution < -0.4 is 15.3 Å². The summed E-state index contributed by atoms with van der Waals surface area (Å²) in [5, 5.41) is 2.40. The van der Waals surface area contributed by atoms with Gasteiger partial charge in [-0.15, -0.1) is 6.58 Å². The van der Waals surface area contributed by atoms with E-state index in [1.54, 1.807) is 6.08 Å². The van der Waals surface area contributed by atoms with Crippen LogP contribution in [0.15, 0.2) is 110 Å². The highest BCUT2D eigenvalue weighted by Crippen LogP contribution is 2.35. The average Bonchev–Trinajstić information content (AvgIpc) is 2.96. The predicted octanol–water partition coefficient (Wildman–Crippen LogP) is 10.2. The van der Waals surface area contributed by atoms with E-state index in [4.69, 9.17) is 0 Å². The van der Waals surface area contributed by atoms with Gasteiger partial charge in [-0.2, -0.15) is 0 Å². The van der Waals surface area contributed by atoms with E-state index >= 15 is 0 Å². The minimum atomic E-state index is 0.477. The Hall–Kier alpha value is -4.10. The zero-order valence-electron chi connectivity index (χ0n) is 26.5. The molecule has 0 atom stereocenters. The van der Waals surface area contributed by atoms with Crippen LogP contribution in [0.1, 0.15) is 62.8 Å². The Labute approximate surface area is 249 Å². The van der Waals surface area contributed by atoms with Gasteiger partial charge in [-0.25, -0.2) is 0 Å². The van der Waals surface area contributed by atoms with Gasteiger partial charge in [0.15, 0.2) is 0 Å². The van der Waals surface area contributed by atoms with E-state index < -0.39 is 0 Å². The van der Waals surface area contributed by atoms with Gasteiger partial charge < -0.3 is 4.90 Å². The third-order valence-electron chi connectivity index (χ3n) is 6.74. The summed E-state index contributed by atoms with van der Waals surface area (Å²) in [6.07, 6.45) is 7.97. The van der Waals surface area contributed by atoms with Gasteiger partial charge in [0.05, 0.1) is 0 Å². The fourth-order valence-corrected chi connectivity index (χ4v) is 4.84. The van der Waals surface area contributed by atoms with E-state index in [0.29, 0.717) is 5.92 Å². The molecule has 0 amide bonds. The summed E-state index contributed by atoms with van der Waals surface area (Å²) in [7, 11) is 0. The first-order chi connectivity index (χ1) is 19.8. The molecule has 0 aromatic heterocycles. The van der Waals surface area contributed by atoms with E-state index in [-0.39, 0.29) is 0 Å². The molecule has 4 aromatic rings. The van der Waals surface area contributed by atoms with Crippen LogP contribution in [0.4, 0.5) is 11.4 Å². The number of anilines is 2. The Morgan fingerprint density at radius 3 is 1.93 bits per heavy atom. The van der Waals surface area contributed by atoms with Gasteiger partial charge >= 0.3 is 0 Å². The minimum Gasteiger partial charge on any atom is -0.338 e. The standard InChI is InChI=1S/C35H37N.C3H6.C2H6/c1-7-11-29-13-8-9-14-30(29)20-21-36(31-15-10-12-26(4)22-31)32-17-19-33(28(6)24-32)34-18-16-27(5)23-35(34)25(2)3;1-3-2;1-2/h7-20,22-25H,1,21H2,2-6H3;3H,1H2,2H3;1-2H3/b29-11-,30-20-;;. The van der Waals surface area contributed by atoms with Crippen LogP contribution in [0.3, 0.4) is 0 Å². The van der Waals surface area contributed by atoms with Gasteiger partial charge in [0, 0.05) is 17.9 Å². The minimum absolute atomic E-state index is 0.477. The van der Waals surface area contributed by atoms with Crippen molar-refractivity contribution in [2.24, 2.45) is 0 Å². The van der Waals surface area contributed by atoms with Crippen molar-refractivity contribution in [3.8, 4) is 11.1 Å². The number of benzene rings is 4. The molecule has 0 radical (unpaired) electrons. The molecular formula is C40H49N. The summed E-state index contributed by atoms with van der Waals surface area (Å²) >= 11 is 0. The van der Waals surface area contributed by atoms with Crippen LogP contribution in [-0.2, 0) is 0 Å². The molecule has 41 heavy (non-hydrogen) atoms. The quantitative estimate of drug-likeness (QED) is 0.210. The van der Waals surface area contributed by atoms with Gasteiger partial charge in [-0.05, 0) is 96.1 Å². The molecule has 0 bridgehead atoms. The summed E-state index contributed by atoms with van der Waals surface area (Å²) in [5.74, 6) is 0.477. The highest BCUT2D eigenvalue weighted by molar-refractivity contribution is 5.76. The summed E-state index contributed by atoms with van der Waals surface area (Å²) in [4.78, 5) is 2.40. The van der Waals surface area contributed by atoms with Crippen LogP contribution in [-0.4, -0.2) is 6.54 Å². The van der Waals surface area contributed by atoms with E-state index in [1.807, 2.05) is 26.8 Å². The van der Waals surface area contributed by atoms with Crippen molar-refractivity contribution < 1.29 is 0 Å². The second-order valence-corrected chi connectivity index (χ2v) is 10.3. The van der Waals surface area contributed by atoms with Gasteiger partial charge in [0.25, 0.3) is 0 Å². The first-order valence-electron chi connectivity index (χ1n) is 14.8. The third-order valence-corrected chi connectivity index (χ3v) is 6.74. The summed E-state index contributed by atoms with van der Waals surface area (Å²) in [5.41, 5.74) is 10.3. The largest absolute Gasteiger partial charge is 0.338 e. The van der Waals surface area contributed by atoms with Crippen LogP contribution in [0, 0.1) is 20.8 Å². The molecule has 4 aromatic carbocycles. The Morgan fingerprint density at radius 1 is 0.707 bits per heavy atom. The molecule has 1 nitrogen and oxygen atoms in total. The van der Waals surface area contributed by atoms with Crippen molar-refractivity contribution in [3.05, 3.63) is 143 Å². The maximum Gasteiger partial charge on any atom is 0.0420 e. The summed E-state index contributed by atoms with van der Waals surface area (Å²) < 4.78 is 0. The second kappa shape index (κ2) is 16.9. The zero-order chi connectivity index (χ0) is 30.4. The van der Waals surface area contributed by atoms with Crippen molar-refractivity contribution in [2.45, 2.75) is 61.3 Å². The van der Waals surface area contributed by atoms with Crippen LogP contribution >= 0.6 is 0 Å². The van der Waals surface area contributed by atoms with Crippen molar-refractivity contribution in [1.82, 2.24) is 0 Å². The monoisotopic (exact) mass is 543 g/mol. The molecule has 0 fully saturated rings. The number of allylic oxidation sites excluding steroid dienone is 2. The van der Waals surface area contributed by atoms with Gasteiger partial charge in [-0.3, -0.25) is 0 Å². The lowest BCUT2D eigenvalue weighted by Gasteiger charge is -2.25. The molecule has 0 spiro atoms. The Morgan fingerprint density at radius 2 is 1.32 bits per heavy atom. The Bertz CT molecular complexity index is 1540. The van der Waals surface area contributed by atoms with E-state index in [0.717, 1.165) is 6.54 Å². The first kappa shape index (κ1) is 33.1. The third kappa shape index (κ3) is 9.22. The smallest absolute Gasteiger partial charge is 0.0420 e. The number of rotatable bonds is 7. The highest BCUT2D eigenvalue weighted by Gasteiger charge is 2.14. The van der Waals surface area contributed by atoms with Crippen LogP contribution in [0.5, 0.6) is 0 Å². The molecule has 0 saturated carbocycles. The Kier molecular flexibility index (Phi) is 13.6. The topological polar surface area (TPSA) is 3.24 Å². The van der Waals surface area contributed by atoms with Gasteiger partial charge in [0.2, 0.25) is 0 Å². The molecule has 0 unspecified atom stereocenters.